The predicted octanol–water partition coefficient (Wildman–Crippen LogP) is 2.04. The number of unbranched alkanes of at least 4 members (excludes halogenated alkanes) is 1. The third-order valence-electron chi connectivity index (χ3n) is 4.23. The molecule has 0 bridgehead atoms. The fourth-order valence-electron chi connectivity index (χ4n) is 2.57. The van der Waals surface area contributed by atoms with Gasteiger partial charge in [0.1, 0.15) is 11.4 Å². The van der Waals surface area contributed by atoms with Gasteiger partial charge >= 0.3 is 0 Å². The Morgan fingerprint density at radius 2 is 2.11 bits per heavy atom. The standard InChI is InChI=1S/C19H24FN5O3/c1-2-21-18(26)13-5-8-16(17(11-13)28-10-4-3-9-20)25-12-15(23-24-25)19(27)22-14-6-7-14/h5,8,11-12,14H,2-4,6-7,9-10H2,1H3,(H,21,26)(H,22,27). The van der Waals surface area contributed by atoms with Crippen molar-refractivity contribution in [2.45, 2.75) is 38.6 Å². The van der Waals surface area contributed by atoms with Gasteiger partial charge < -0.3 is 15.4 Å². The zero-order valence-corrected chi connectivity index (χ0v) is 15.8. The molecule has 1 aliphatic carbocycles. The second-order valence-electron chi connectivity index (χ2n) is 6.58. The van der Waals surface area contributed by atoms with Gasteiger partial charge in [-0.3, -0.25) is 14.0 Å². The van der Waals surface area contributed by atoms with Crippen LogP contribution in [0.5, 0.6) is 5.75 Å². The van der Waals surface area contributed by atoms with Crippen LogP contribution in [0.1, 0.15) is 53.5 Å². The molecule has 1 aromatic carbocycles. The molecule has 0 atom stereocenters. The summed E-state index contributed by atoms with van der Waals surface area (Å²) in [5, 5.41) is 13.5. The fraction of sp³-hybridized carbons (Fsp3) is 0.474. The Kier molecular flexibility index (Phi) is 6.57. The highest BCUT2D eigenvalue weighted by Gasteiger charge is 2.25. The zero-order chi connectivity index (χ0) is 19.9. The molecule has 2 N–H and O–H groups in total. The monoisotopic (exact) mass is 389 g/mol. The quantitative estimate of drug-likeness (QED) is 0.606. The number of ether oxygens (including phenoxy) is 1. The summed E-state index contributed by atoms with van der Waals surface area (Å²) in [4.78, 5) is 24.3. The maximum Gasteiger partial charge on any atom is 0.273 e. The van der Waals surface area contributed by atoms with E-state index in [0.717, 1.165) is 12.8 Å². The van der Waals surface area contributed by atoms with Crippen LogP contribution in [0.3, 0.4) is 0 Å². The maximum atomic E-state index is 12.3. The molecule has 1 aromatic heterocycles. The lowest BCUT2D eigenvalue weighted by Crippen LogP contribution is -2.25. The highest BCUT2D eigenvalue weighted by molar-refractivity contribution is 5.95. The number of rotatable bonds is 10. The number of aromatic nitrogens is 3. The first-order valence-electron chi connectivity index (χ1n) is 9.47. The molecule has 0 aliphatic heterocycles. The molecule has 1 saturated carbocycles. The van der Waals surface area contributed by atoms with E-state index in [2.05, 4.69) is 20.9 Å². The van der Waals surface area contributed by atoms with Crippen molar-refractivity contribution in [2.24, 2.45) is 0 Å². The third kappa shape index (κ3) is 5.05. The van der Waals surface area contributed by atoms with Gasteiger partial charge in [-0.15, -0.1) is 5.10 Å². The minimum Gasteiger partial charge on any atom is -0.491 e. The minimum absolute atomic E-state index is 0.211. The molecule has 1 heterocycles. The van der Waals surface area contributed by atoms with E-state index >= 15 is 0 Å². The van der Waals surface area contributed by atoms with Gasteiger partial charge in [0.2, 0.25) is 0 Å². The van der Waals surface area contributed by atoms with Gasteiger partial charge in [-0.25, -0.2) is 4.68 Å². The number of benzene rings is 1. The topological polar surface area (TPSA) is 98.1 Å². The molecule has 0 saturated heterocycles. The van der Waals surface area contributed by atoms with E-state index in [9.17, 15) is 14.0 Å². The Labute approximate surface area is 162 Å². The van der Waals surface area contributed by atoms with Crippen LogP contribution in [0.4, 0.5) is 4.39 Å². The lowest BCUT2D eigenvalue weighted by atomic mass is 10.1. The predicted molar refractivity (Wildman–Crippen MR) is 101 cm³/mol. The molecule has 8 nitrogen and oxygen atoms in total. The normalized spacial score (nSPS) is 13.2. The van der Waals surface area contributed by atoms with Crippen LogP contribution in [0.25, 0.3) is 5.69 Å². The van der Waals surface area contributed by atoms with Crippen LogP contribution in [-0.4, -0.2) is 52.7 Å². The number of nitrogens with one attached hydrogen (secondary N) is 2. The van der Waals surface area contributed by atoms with Crippen LogP contribution in [0.2, 0.25) is 0 Å². The average molecular weight is 389 g/mol. The van der Waals surface area contributed by atoms with Crippen molar-refractivity contribution >= 4 is 11.8 Å². The Morgan fingerprint density at radius 3 is 2.82 bits per heavy atom. The second kappa shape index (κ2) is 9.29. The van der Waals surface area contributed by atoms with E-state index in [-0.39, 0.29) is 23.6 Å². The molecule has 1 fully saturated rings. The highest BCUT2D eigenvalue weighted by Crippen LogP contribution is 2.25. The molecule has 2 amide bonds. The Hall–Kier alpha value is -2.97. The van der Waals surface area contributed by atoms with E-state index in [4.69, 9.17) is 4.74 Å². The molecule has 0 spiro atoms. The molecule has 2 aromatic rings. The van der Waals surface area contributed by atoms with Gasteiger partial charge in [0.25, 0.3) is 11.8 Å². The number of carbonyl (C=O) groups excluding carboxylic acids is 2. The van der Waals surface area contributed by atoms with Gasteiger partial charge in [-0.2, -0.15) is 0 Å². The van der Waals surface area contributed by atoms with Crippen LogP contribution >= 0.6 is 0 Å². The fourth-order valence-corrected chi connectivity index (χ4v) is 2.57. The van der Waals surface area contributed by atoms with E-state index in [1.165, 1.54) is 10.9 Å². The number of nitrogens with zero attached hydrogens (tertiary/aromatic N) is 3. The summed E-state index contributed by atoms with van der Waals surface area (Å²) >= 11 is 0. The SMILES string of the molecule is CCNC(=O)c1ccc(-n2cc(C(=O)NC3CC3)nn2)c(OCCCCF)c1. The van der Waals surface area contributed by atoms with Gasteiger partial charge in [0.15, 0.2) is 5.69 Å². The minimum atomic E-state index is -0.405. The first-order valence-corrected chi connectivity index (χ1v) is 9.47. The summed E-state index contributed by atoms with van der Waals surface area (Å²) in [5.74, 6) is -0.0643. The molecule has 28 heavy (non-hydrogen) atoms. The van der Waals surface area contributed by atoms with Crippen LogP contribution in [0.15, 0.2) is 24.4 Å². The van der Waals surface area contributed by atoms with Crippen molar-refractivity contribution in [1.29, 1.82) is 0 Å². The number of amides is 2. The molecular weight excluding hydrogens is 365 g/mol. The summed E-state index contributed by atoms with van der Waals surface area (Å²) in [5.41, 5.74) is 1.20. The van der Waals surface area contributed by atoms with E-state index < -0.39 is 6.67 Å². The first-order chi connectivity index (χ1) is 13.6. The molecule has 9 heteroatoms. The van der Waals surface area contributed by atoms with E-state index in [1.807, 2.05) is 6.92 Å². The number of carbonyl (C=O) groups is 2. The number of alkyl halides is 1. The van der Waals surface area contributed by atoms with Gasteiger partial charge in [0, 0.05) is 18.2 Å². The summed E-state index contributed by atoms with van der Waals surface area (Å²) in [6.45, 7) is 2.25. The first kappa shape index (κ1) is 19.8. The Morgan fingerprint density at radius 1 is 1.29 bits per heavy atom. The number of hydrogen-bond donors (Lipinski definition) is 2. The van der Waals surface area contributed by atoms with Gasteiger partial charge in [-0.1, -0.05) is 5.21 Å². The van der Waals surface area contributed by atoms with Crippen molar-refractivity contribution in [3.63, 3.8) is 0 Å². The second-order valence-corrected chi connectivity index (χ2v) is 6.58. The summed E-state index contributed by atoms with van der Waals surface area (Å²) in [6, 6.07) is 5.18. The van der Waals surface area contributed by atoms with Crippen molar-refractivity contribution in [2.75, 3.05) is 19.8 Å². The Balaban J connectivity index is 1.82. The summed E-state index contributed by atoms with van der Waals surface area (Å²) in [7, 11) is 0. The molecule has 3 rings (SSSR count). The van der Waals surface area contributed by atoms with Gasteiger partial charge in [-0.05, 0) is 50.8 Å². The highest BCUT2D eigenvalue weighted by atomic mass is 19.1. The van der Waals surface area contributed by atoms with Crippen LogP contribution < -0.4 is 15.4 Å². The lowest BCUT2D eigenvalue weighted by Gasteiger charge is -2.13. The molecule has 1 aliphatic rings. The van der Waals surface area contributed by atoms with Gasteiger partial charge in [0.05, 0.1) is 19.5 Å². The average Bonchev–Trinajstić information content (AvgIpc) is 3.37. The van der Waals surface area contributed by atoms with Crippen molar-refractivity contribution in [3.8, 4) is 11.4 Å². The van der Waals surface area contributed by atoms with Crippen molar-refractivity contribution in [3.05, 3.63) is 35.7 Å². The molecule has 0 unspecified atom stereocenters. The molecular formula is C19H24FN5O3. The third-order valence-corrected chi connectivity index (χ3v) is 4.23. The van der Waals surface area contributed by atoms with Crippen molar-refractivity contribution < 1.29 is 18.7 Å². The molecule has 150 valence electrons. The maximum absolute atomic E-state index is 12.3. The largest absolute Gasteiger partial charge is 0.491 e. The molecule has 0 radical (unpaired) electrons. The number of hydrogen-bond acceptors (Lipinski definition) is 5. The van der Waals surface area contributed by atoms with Crippen LogP contribution in [-0.2, 0) is 0 Å². The lowest BCUT2D eigenvalue weighted by molar-refractivity contribution is 0.0941. The van der Waals surface area contributed by atoms with E-state index in [0.29, 0.717) is 43.0 Å². The zero-order valence-electron chi connectivity index (χ0n) is 15.8. The van der Waals surface area contributed by atoms with Crippen molar-refractivity contribution in [1.82, 2.24) is 25.6 Å². The number of halogens is 1. The van der Waals surface area contributed by atoms with Crippen LogP contribution in [0, 0.1) is 0 Å². The smallest absolute Gasteiger partial charge is 0.273 e. The van der Waals surface area contributed by atoms with E-state index in [1.54, 1.807) is 18.2 Å². The summed E-state index contributed by atoms with van der Waals surface area (Å²) < 4.78 is 19.5. The summed E-state index contributed by atoms with van der Waals surface area (Å²) in [6.07, 6.45) is 4.44. The Bertz CT molecular complexity index is 835.